The van der Waals surface area contributed by atoms with Crippen molar-refractivity contribution in [1.82, 2.24) is 19.7 Å². The van der Waals surface area contributed by atoms with Gasteiger partial charge in [0.25, 0.3) is 0 Å². The highest BCUT2D eigenvalue weighted by molar-refractivity contribution is 6.05. The van der Waals surface area contributed by atoms with Gasteiger partial charge in [-0.25, -0.2) is 14.6 Å². The molecular formula is C30H30N6O2. The molecular weight excluding hydrogens is 476 g/mol. The zero-order valence-corrected chi connectivity index (χ0v) is 21.8. The van der Waals surface area contributed by atoms with E-state index in [1.165, 1.54) is 0 Å². The molecule has 0 unspecified atom stereocenters. The fraction of sp³-hybridized carbons (Fsp3) is 0.267. The molecule has 3 aromatic heterocycles. The van der Waals surface area contributed by atoms with Gasteiger partial charge >= 0.3 is 5.97 Å². The lowest BCUT2D eigenvalue weighted by molar-refractivity contribution is -0.142. The van der Waals surface area contributed by atoms with Crippen LogP contribution in [0.5, 0.6) is 0 Å². The van der Waals surface area contributed by atoms with Crippen molar-refractivity contribution in [3.8, 4) is 16.9 Å². The third-order valence-corrected chi connectivity index (χ3v) is 7.51. The molecule has 1 aliphatic heterocycles. The average molecular weight is 507 g/mol. The van der Waals surface area contributed by atoms with E-state index in [0.29, 0.717) is 25.9 Å². The van der Waals surface area contributed by atoms with Crippen molar-refractivity contribution >= 4 is 39.3 Å². The van der Waals surface area contributed by atoms with Gasteiger partial charge < -0.3 is 14.9 Å². The highest BCUT2D eigenvalue weighted by Gasteiger charge is 2.25. The van der Waals surface area contributed by atoms with Crippen molar-refractivity contribution in [2.75, 3.05) is 37.0 Å². The summed E-state index contributed by atoms with van der Waals surface area (Å²) in [6.45, 7) is 3.50. The number of rotatable bonds is 5. The molecule has 1 fully saturated rings. The number of piperidine rings is 1. The van der Waals surface area contributed by atoms with Gasteiger partial charge in [-0.05, 0) is 48.9 Å². The van der Waals surface area contributed by atoms with Crippen LogP contribution in [0.2, 0.25) is 0 Å². The van der Waals surface area contributed by atoms with Gasteiger partial charge in [-0.3, -0.25) is 4.79 Å². The fourth-order valence-corrected chi connectivity index (χ4v) is 5.38. The first kappa shape index (κ1) is 23.9. The molecule has 0 aliphatic carbocycles. The summed E-state index contributed by atoms with van der Waals surface area (Å²) in [5.74, 6) is 0.798. The lowest BCUT2D eigenvalue weighted by Gasteiger charge is -2.31. The van der Waals surface area contributed by atoms with Crippen molar-refractivity contribution in [2.45, 2.75) is 19.8 Å². The Bertz CT molecular complexity index is 1650. The quantitative estimate of drug-likeness (QED) is 0.346. The number of aliphatic carboxylic acids is 1. The lowest BCUT2D eigenvalue weighted by atomic mass is 9.97. The van der Waals surface area contributed by atoms with E-state index in [1.54, 1.807) is 0 Å². The van der Waals surface area contributed by atoms with Crippen LogP contribution in [0.15, 0.2) is 67.0 Å². The van der Waals surface area contributed by atoms with Crippen LogP contribution in [0.25, 0.3) is 38.6 Å². The summed E-state index contributed by atoms with van der Waals surface area (Å²) >= 11 is 0. The Morgan fingerprint density at radius 2 is 1.76 bits per heavy atom. The molecule has 1 saturated heterocycles. The molecule has 5 aromatic rings. The van der Waals surface area contributed by atoms with E-state index < -0.39 is 5.97 Å². The fourth-order valence-electron chi connectivity index (χ4n) is 5.38. The number of aromatic nitrogens is 4. The molecule has 2 aromatic carbocycles. The molecule has 8 heteroatoms. The topological polar surface area (TPSA) is 87.4 Å². The van der Waals surface area contributed by atoms with Crippen LogP contribution in [0.4, 0.5) is 11.6 Å². The molecule has 0 saturated carbocycles. The molecule has 1 aliphatic rings. The predicted molar refractivity (Wildman–Crippen MR) is 151 cm³/mol. The number of aryl methyl sites for hydroxylation is 1. The van der Waals surface area contributed by atoms with Gasteiger partial charge in [-0.2, -0.15) is 5.10 Å². The number of carboxylic acids is 1. The minimum Gasteiger partial charge on any atom is -0.481 e. The van der Waals surface area contributed by atoms with Gasteiger partial charge in [0.05, 0.1) is 23.3 Å². The van der Waals surface area contributed by atoms with Crippen LogP contribution in [-0.2, 0) is 4.79 Å². The molecule has 0 bridgehead atoms. The number of para-hydroxylation sites is 1. The Hall–Kier alpha value is -4.46. The van der Waals surface area contributed by atoms with Gasteiger partial charge in [0.2, 0.25) is 0 Å². The first-order valence-electron chi connectivity index (χ1n) is 12.9. The minimum absolute atomic E-state index is 0.263. The summed E-state index contributed by atoms with van der Waals surface area (Å²) in [5.41, 5.74) is 5.06. The Balaban J connectivity index is 1.43. The molecule has 1 N–H and O–H groups in total. The second-order valence-corrected chi connectivity index (χ2v) is 10.2. The number of hydrogen-bond acceptors (Lipinski definition) is 6. The number of benzene rings is 2. The van der Waals surface area contributed by atoms with Crippen LogP contribution in [0.1, 0.15) is 18.4 Å². The second kappa shape index (κ2) is 9.45. The Morgan fingerprint density at radius 3 is 2.47 bits per heavy atom. The Kier molecular flexibility index (Phi) is 5.94. The van der Waals surface area contributed by atoms with Crippen molar-refractivity contribution in [3.05, 3.63) is 72.6 Å². The number of nitrogens with zero attached hydrogens (tertiary/aromatic N) is 6. The molecule has 0 radical (unpaired) electrons. The van der Waals surface area contributed by atoms with Gasteiger partial charge in [0.15, 0.2) is 0 Å². The van der Waals surface area contributed by atoms with Crippen LogP contribution >= 0.6 is 0 Å². The molecule has 6 rings (SSSR count). The van der Waals surface area contributed by atoms with Gasteiger partial charge in [-0.15, -0.1) is 0 Å². The number of pyridine rings is 2. The maximum atomic E-state index is 11.3. The number of anilines is 2. The van der Waals surface area contributed by atoms with Crippen LogP contribution in [0.3, 0.4) is 0 Å². The summed E-state index contributed by atoms with van der Waals surface area (Å²) in [4.78, 5) is 24.8. The van der Waals surface area contributed by atoms with E-state index >= 15 is 0 Å². The van der Waals surface area contributed by atoms with Crippen LogP contribution in [0, 0.1) is 12.8 Å². The van der Waals surface area contributed by atoms with Crippen molar-refractivity contribution in [1.29, 1.82) is 0 Å². The summed E-state index contributed by atoms with van der Waals surface area (Å²) in [6.07, 6.45) is 5.06. The Labute approximate surface area is 221 Å². The first-order chi connectivity index (χ1) is 18.4. The molecule has 192 valence electrons. The molecule has 0 atom stereocenters. The zero-order chi connectivity index (χ0) is 26.4. The van der Waals surface area contributed by atoms with E-state index in [9.17, 15) is 9.90 Å². The minimum atomic E-state index is -0.704. The average Bonchev–Trinajstić information content (AvgIpc) is 3.33. The molecule has 38 heavy (non-hydrogen) atoms. The summed E-state index contributed by atoms with van der Waals surface area (Å²) in [6, 6.07) is 18.7. The highest BCUT2D eigenvalue weighted by atomic mass is 16.4. The van der Waals surface area contributed by atoms with E-state index in [-0.39, 0.29) is 5.92 Å². The Morgan fingerprint density at radius 1 is 0.974 bits per heavy atom. The molecule has 8 nitrogen and oxygen atoms in total. The second-order valence-electron chi connectivity index (χ2n) is 10.2. The van der Waals surface area contributed by atoms with E-state index in [1.807, 2.05) is 48.2 Å². The van der Waals surface area contributed by atoms with E-state index in [4.69, 9.17) is 10.1 Å². The monoisotopic (exact) mass is 506 g/mol. The smallest absolute Gasteiger partial charge is 0.306 e. The summed E-state index contributed by atoms with van der Waals surface area (Å²) in [5, 5.41) is 17.7. The third-order valence-electron chi connectivity index (χ3n) is 7.51. The molecule has 0 amide bonds. The molecule has 4 heterocycles. The van der Waals surface area contributed by atoms with Crippen molar-refractivity contribution in [2.24, 2.45) is 5.92 Å². The lowest BCUT2D eigenvalue weighted by Crippen LogP contribution is -2.36. The van der Waals surface area contributed by atoms with Crippen LogP contribution in [-0.4, -0.2) is 58.0 Å². The van der Waals surface area contributed by atoms with Crippen LogP contribution < -0.4 is 9.80 Å². The number of carboxylic acid groups (broad SMARTS) is 1. The van der Waals surface area contributed by atoms with Gasteiger partial charge in [-0.1, -0.05) is 36.4 Å². The number of carbonyl (C=O) groups is 1. The summed E-state index contributed by atoms with van der Waals surface area (Å²) < 4.78 is 1.99. The first-order valence-corrected chi connectivity index (χ1v) is 12.9. The zero-order valence-electron chi connectivity index (χ0n) is 21.8. The van der Waals surface area contributed by atoms with Gasteiger partial charge in [0, 0.05) is 49.7 Å². The predicted octanol–water partition coefficient (Wildman–Crippen LogP) is 5.31. The number of hydrogen-bond donors (Lipinski definition) is 1. The highest BCUT2D eigenvalue weighted by Crippen LogP contribution is 2.36. The normalized spacial score (nSPS) is 14.3. The maximum Gasteiger partial charge on any atom is 0.306 e. The van der Waals surface area contributed by atoms with Crippen molar-refractivity contribution < 1.29 is 9.90 Å². The molecule has 0 spiro atoms. The SMILES string of the molecule is Cc1cccc2c(-c3cccc4cnc(N(C)C)cc34)nn(-c3ccc(N4CCC(C(=O)O)CC4)nc3)c12. The van der Waals surface area contributed by atoms with Crippen molar-refractivity contribution in [3.63, 3.8) is 0 Å². The number of fused-ring (bicyclic) bond motifs is 2. The maximum absolute atomic E-state index is 11.3. The third kappa shape index (κ3) is 4.12. The van der Waals surface area contributed by atoms with E-state index in [0.717, 1.165) is 55.8 Å². The van der Waals surface area contributed by atoms with E-state index in [2.05, 4.69) is 59.3 Å². The standard InChI is InChI=1S/C30H30N6O2/c1-19-6-4-9-24-28(23-8-5-7-21-17-31-27(34(2)3)16-25(21)23)33-36(29(19)24)22-10-11-26(32-18-22)35-14-12-20(13-15-35)30(37)38/h4-11,16-18,20H,12-15H2,1-3H3,(H,37,38). The van der Waals surface area contributed by atoms with Gasteiger partial charge in [0.1, 0.15) is 17.3 Å². The summed E-state index contributed by atoms with van der Waals surface area (Å²) in [7, 11) is 3.99. The largest absolute Gasteiger partial charge is 0.481 e.